The van der Waals surface area contributed by atoms with Crippen LogP contribution in [0.1, 0.15) is 22.8 Å². The highest BCUT2D eigenvalue weighted by molar-refractivity contribution is 9.10. The molecule has 0 unspecified atom stereocenters. The van der Waals surface area contributed by atoms with Gasteiger partial charge in [-0.2, -0.15) is 0 Å². The van der Waals surface area contributed by atoms with E-state index >= 15 is 0 Å². The summed E-state index contributed by atoms with van der Waals surface area (Å²) in [6.07, 6.45) is 0.750. The van der Waals surface area contributed by atoms with E-state index in [2.05, 4.69) is 15.9 Å². The van der Waals surface area contributed by atoms with Gasteiger partial charge in [-0.1, -0.05) is 58.4 Å². The summed E-state index contributed by atoms with van der Waals surface area (Å²) in [5.74, 6) is 0.0445. The van der Waals surface area contributed by atoms with Crippen molar-refractivity contribution in [3.63, 3.8) is 0 Å². The van der Waals surface area contributed by atoms with E-state index in [1.54, 1.807) is 0 Å². The zero-order valence-corrected chi connectivity index (χ0v) is 11.6. The van der Waals surface area contributed by atoms with E-state index in [4.69, 9.17) is 4.79 Å². The van der Waals surface area contributed by atoms with Crippen LogP contribution < -0.4 is 0 Å². The standard InChI is InChI=1S/C13H9BrO.C2H4O/c14-12-9-5-4-8-11(12)13(15)10-6-2-1-3-7-10;1-2-3/h1-9H;2H,1H3. The zero-order valence-electron chi connectivity index (χ0n) is 9.97. The molecule has 0 heterocycles. The number of hydrogen-bond donors (Lipinski definition) is 0. The summed E-state index contributed by atoms with van der Waals surface area (Å²) in [5.41, 5.74) is 1.41. The molecule has 0 N–H and O–H groups in total. The van der Waals surface area contributed by atoms with Crippen LogP contribution in [-0.4, -0.2) is 12.1 Å². The summed E-state index contributed by atoms with van der Waals surface area (Å²) in [7, 11) is 0. The number of rotatable bonds is 2. The van der Waals surface area contributed by atoms with E-state index in [-0.39, 0.29) is 5.78 Å². The van der Waals surface area contributed by atoms with Gasteiger partial charge in [0.1, 0.15) is 6.29 Å². The monoisotopic (exact) mass is 304 g/mol. The van der Waals surface area contributed by atoms with Gasteiger partial charge in [-0.3, -0.25) is 4.79 Å². The van der Waals surface area contributed by atoms with Gasteiger partial charge in [0.05, 0.1) is 0 Å². The SMILES string of the molecule is CC=O.O=C(c1ccccc1)c1ccccc1Br. The van der Waals surface area contributed by atoms with Crippen LogP contribution in [0.5, 0.6) is 0 Å². The predicted octanol–water partition coefficient (Wildman–Crippen LogP) is 3.89. The van der Waals surface area contributed by atoms with Gasteiger partial charge in [0, 0.05) is 15.6 Å². The Kier molecular flexibility index (Phi) is 6.01. The molecule has 0 bridgehead atoms. The molecule has 18 heavy (non-hydrogen) atoms. The minimum atomic E-state index is 0.0445. The van der Waals surface area contributed by atoms with Crippen molar-refractivity contribution in [1.82, 2.24) is 0 Å². The second kappa shape index (κ2) is 7.56. The number of hydrogen-bond acceptors (Lipinski definition) is 2. The van der Waals surface area contributed by atoms with Crippen molar-refractivity contribution in [3.05, 3.63) is 70.2 Å². The fraction of sp³-hybridized carbons (Fsp3) is 0.0667. The molecule has 92 valence electrons. The number of carbonyl (C=O) groups is 2. The number of ketones is 1. The van der Waals surface area contributed by atoms with Gasteiger partial charge >= 0.3 is 0 Å². The average molecular weight is 305 g/mol. The van der Waals surface area contributed by atoms with Crippen LogP contribution in [0.15, 0.2) is 59.1 Å². The Bertz CT molecular complexity index is 521. The first kappa shape index (κ1) is 14.3. The highest BCUT2D eigenvalue weighted by atomic mass is 79.9. The minimum absolute atomic E-state index is 0.0445. The molecule has 0 saturated carbocycles. The van der Waals surface area contributed by atoms with Gasteiger partial charge in [0.2, 0.25) is 0 Å². The number of benzene rings is 2. The van der Waals surface area contributed by atoms with Crippen molar-refractivity contribution in [2.24, 2.45) is 0 Å². The van der Waals surface area contributed by atoms with Gasteiger partial charge in [-0.05, 0) is 19.1 Å². The number of halogens is 1. The molecule has 0 saturated heterocycles. The quantitative estimate of drug-likeness (QED) is 0.623. The molecule has 2 aromatic carbocycles. The molecule has 0 atom stereocenters. The maximum atomic E-state index is 12.0. The van der Waals surface area contributed by atoms with E-state index in [9.17, 15) is 4.79 Å². The molecule has 0 radical (unpaired) electrons. The number of aldehydes is 1. The minimum Gasteiger partial charge on any atom is -0.304 e. The molecule has 0 spiro atoms. The molecule has 0 aliphatic rings. The van der Waals surface area contributed by atoms with Crippen molar-refractivity contribution in [2.45, 2.75) is 6.92 Å². The van der Waals surface area contributed by atoms with Crippen molar-refractivity contribution in [2.75, 3.05) is 0 Å². The van der Waals surface area contributed by atoms with Gasteiger partial charge in [-0.15, -0.1) is 0 Å². The Hall–Kier alpha value is -1.74. The van der Waals surface area contributed by atoms with Crippen LogP contribution in [-0.2, 0) is 4.79 Å². The normalized spacial score (nSPS) is 9.00. The summed E-state index contributed by atoms with van der Waals surface area (Å²) in [4.78, 5) is 20.8. The maximum absolute atomic E-state index is 12.0. The molecule has 0 fully saturated rings. The number of carbonyl (C=O) groups excluding carboxylic acids is 2. The van der Waals surface area contributed by atoms with Crippen LogP contribution in [0.25, 0.3) is 0 Å². The highest BCUT2D eigenvalue weighted by Gasteiger charge is 2.10. The second-order valence-electron chi connectivity index (χ2n) is 3.41. The van der Waals surface area contributed by atoms with E-state index < -0.39 is 0 Å². The third-order valence-corrected chi connectivity index (χ3v) is 2.85. The van der Waals surface area contributed by atoms with Gasteiger partial charge in [-0.25, -0.2) is 0 Å². The molecule has 2 nitrogen and oxygen atoms in total. The summed E-state index contributed by atoms with van der Waals surface area (Å²) < 4.78 is 0.832. The molecule has 0 aromatic heterocycles. The Balaban J connectivity index is 0.000000492. The van der Waals surface area contributed by atoms with Gasteiger partial charge < -0.3 is 4.79 Å². The fourth-order valence-electron chi connectivity index (χ4n) is 1.39. The molecular weight excluding hydrogens is 292 g/mol. The van der Waals surface area contributed by atoms with E-state index in [0.29, 0.717) is 11.1 Å². The Morgan fingerprint density at radius 1 is 1.00 bits per heavy atom. The van der Waals surface area contributed by atoms with Crippen LogP contribution in [0, 0.1) is 0 Å². The van der Waals surface area contributed by atoms with Crippen LogP contribution in [0.3, 0.4) is 0 Å². The average Bonchev–Trinajstić information content (AvgIpc) is 2.40. The molecule has 2 aromatic rings. The van der Waals surface area contributed by atoms with Crippen molar-refractivity contribution >= 4 is 28.0 Å². The molecule has 3 heteroatoms. The summed E-state index contributed by atoms with van der Waals surface area (Å²) in [6, 6.07) is 16.7. The molecule has 2 rings (SSSR count). The van der Waals surface area contributed by atoms with Crippen LogP contribution in [0.2, 0.25) is 0 Å². The third-order valence-electron chi connectivity index (χ3n) is 2.15. The van der Waals surface area contributed by atoms with Gasteiger partial charge in [0.15, 0.2) is 5.78 Å². The third kappa shape index (κ3) is 3.93. The summed E-state index contributed by atoms with van der Waals surface area (Å²) in [6.45, 7) is 1.44. The lowest BCUT2D eigenvalue weighted by atomic mass is 10.0. The maximum Gasteiger partial charge on any atom is 0.194 e. The lowest BCUT2D eigenvalue weighted by molar-refractivity contribution is -0.106. The first-order chi connectivity index (χ1) is 8.70. The second-order valence-corrected chi connectivity index (χ2v) is 4.27. The van der Waals surface area contributed by atoms with E-state index in [1.165, 1.54) is 6.92 Å². The predicted molar refractivity (Wildman–Crippen MR) is 75.8 cm³/mol. The van der Waals surface area contributed by atoms with Crippen molar-refractivity contribution in [3.8, 4) is 0 Å². The Labute approximate surface area is 115 Å². The summed E-state index contributed by atoms with van der Waals surface area (Å²) >= 11 is 3.37. The van der Waals surface area contributed by atoms with E-state index in [1.807, 2.05) is 54.6 Å². The first-order valence-corrected chi connectivity index (χ1v) is 6.24. The molecular formula is C15H13BrO2. The fourth-order valence-corrected chi connectivity index (χ4v) is 1.86. The van der Waals surface area contributed by atoms with Gasteiger partial charge in [0.25, 0.3) is 0 Å². The summed E-state index contributed by atoms with van der Waals surface area (Å²) in [5, 5.41) is 0. The van der Waals surface area contributed by atoms with Crippen molar-refractivity contribution < 1.29 is 9.59 Å². The molecule has 0 aliphatic carbocycles. The smallest absolute Gasteiger partial charge is 0.194 e. The molecule has 0 amide bonds. The van der Waals surface area contributed by atoms with E-state index in [0.717, 1.165) is 10.8 Å². The van der Waals surface area contributed by atoms with Crippen LogP contribution >= 0.6 is 15.9 Å². The molecule has 0 aliphatic heterocycles. The Morgan fingerprint density at radius 3 is 2.06 bits per heavy atom. The van der Waals surface area contributed by atoms with Crippen LogP contribution in [0.4, 0.5) is 0 Å². The largest absolute Gasteiger partial charge is 0.304 e. The lowest BCUT2D eigenvalue weighted by Gasteiger charge is -2.02. The Morgan fingerprint density at radius 2 is 1.50 bits per heavy atom. The highest BCUT2D eigenvalue weighted by Crippen LogP contribution is 2.19. The topological polar surface area (TPSA) is 34.1 Å². The zero-order chi connectivity index (χ0) is 13.4. The van der Waals surface area contributed by atoms with Crippen molar-refractivity contribution in [1.29, 1.82) is 0 Å². The first-order valence-electron chi connectivity index (χ1n) is 5.44. The lowest BCUT2D eigenvalue weighted by Crippen LogP contribution is -2.01.